The monoisotopic (exact) mass is 249 g/mol. The van der Waals surface area contributed by atoms with Crippen LogP contribution in [0.1, 0.15) is 34.7 Å². The fraction of sp³-hybridized carbons (Fsp3) is 0.643. The van der Waals surface area contributed by atoms with Gasteiger partial charge in [0, 0.05) is 24.9 Å². The third-order valence-electron chi connectivity index (χ3n) is 4.34. The maximum atomic E-state index is 12.4. The molecular weight excluding hydrogens is 230 g/mol. The van der Waals surface area contributed by atoms with Crippen LogP contribution < -0.4 is 0 Å². The van der Waals surface area contributed by atoms with E-state index in [-0.39, 0.29) is 23.8 Å². The van der Waals surface area contributed by atoms with Crippen LogP contribution >= 0.6 is 0 Å². The van der Waals surface area contributed by atoms with Gasteiger partial charge in [-0.05, 0) is 32.8 Å². The summed E-state index contributed by atoms with van der Waals surface area (Å²) in [5.41, 5.74) is 0.670. The molecule has 2 atom stereocenters. The number of likely N-dealkylation sites (tertiary alicyclic amines) is 1. The number of aliphatic hydroxyl groups excluding tert-OH is 1. The van der Waals surface area contributed by atoms with Gasteiger partial charge < -0.3 is 14.4 Å². The predicted molar refractivity (Wildman–Crippen MR) is 66.3 cm³/mol. The number of aryl methyl sites for hydroxylation is 2. The first-order chi connectivity index (χ1) is 8.56. The number of hydrogen-bond donors (Lipinski definition) is 1. The second-order valence-electron chi connectivity index (χ2n) is 5.63. The van der Waals surface area contributed by atoms with Crippen LogP contribution in [-0.2, 0) is 0 Å². The van der Waals surface area contributed by atoms with Crippen LogP contribution in [0.2, 0.25) is 0 Å². The number of rotatable bonds is 1. The van der Waals surface area contributed by atoms with E-state index in [4.69, 9.17) is 4.42 Å². The average Bonchev–Trinajstić information content (AvgIpc) is 2.75. The first kappa shape index (κ1) is 11.8. The SMILES string of the molecule is Cc1cc(C(=O)N2CC3CCC(C2)C3O)c(C)o1. The van der Waals surface area contributed by atoms with Crippen LogP contribution in [0.5, 0.6) is 0 Å². The van der Waals surface area contributed by atoms with Gasteiger partial charge in [0.1, 0.15) is 11.5 Å². The lowest BCUT2D eigenvalue weighted by molar-refractivity contribution is 0.0165. The van der Waals surface area contributed by atoms with Crippen LogP contribution in [0.25, 0.3) is 0 Å². The zero-order chi connectivity index (χ0) is 12.9. The molecule has 0 aromatic carbocycles. The highest BCUT2D eigenvalue weighted by Crippen LogP contribution is 2.37. The number of piperidine rings is 1. The smallest absolute Gasteiger partial charge is 0.257 e. The van der Waals surface area contributed by atoms with Gasteiger partial charge in [0.2, 0.25) is 0 Å². The Morgan fingerprint density at radius 2 is 1.94 bits per heavy atom. The second kappa shape index (κ2) is 4.12. The molecule has 2 heterocycles. The van der Waals surface area contributed by atoms with Gasteiger partial charge in [-0.1, -0.05) is 0 Å². The molecule has 4 heteroatoms. The number of fused-ring (bicyclic) bond motifs is 2. The average molecular weight is 249 g/mol. The number of amides is 1. The Kier molecular flexibility index (Phi) is 2.70. The molecule has 98 valence electrons. The zero-order valence-corrected chi connectivity index (χ0v) is 10.8. The summed E-state index contributed by atoms with van der Waals surface area (Å²) in [7, 11) is 0. The molecule has 2 fully saturated rings. The van der Waals surface area contributed by atoms with Crippen molar-refractivity contribution in [2.45, 2.75) is 32.8 Å². The Morgan fingerprint density at radius 3 is 2.44 bits per heavy atom. The number of aliphatic hydroxyl groups is 1. The van der Waals surface area contributed by atoms with Crippen molar-refractivity contribution >= 4 is 5.91 Å². The molecule has 1 saturated carbocycles. The van der Waals surface area contributed by atoms with Crippen molar-refractivity contribution < 1.29 is 14.3 Å². The number of nitrogens with zero attached hydrogens (tertiary/aromatic N) is 1. The first-order valence-electron chi connectivity index (χ1n) is 6.60. The minimum atomic E-state index is -0.207. The molecular formula is C14H19NO3. The fourth-order valence-electron chi connectivity index (χ4n) is 3.37. The predicted octanol–water partition coefficient (Wildman–Crippen LogP) is 1.74. The summed E-state index contributed by atoms with van der Waals surface area (Å²) in [6.45, 7) is 5.04. The molecule has 1 amide bonds. The van der Waals surface area contributed by atoms with Crippen LogP contribution in [0, 0.1) is 25.7 Å². The lowest BCUT2D eigenvalue weighted by Crippen LogP contribution is -2.47. The molecule has 1 saturated heterocycles. The fourth-order valence-corrected chi connectivity index (χ4v) is 3.37. The van der Waals surface area contributed by atoms with Crippen molar-refractivity contribution in [3.63, 3.8) is 0 Å². The lowest BCUT2D eigenvalue weighted by atomic mass is 9.94. The third kappa shape index (κ3) is 1.75. The van der Waals surface area contributed by atoms with Crippen molar-refractivity contribution in [3.05, 3.63) is 23.2 Å². The van der Waals surface area contributed by atoms with E-state index in [1.54, 1.807) is 0 Å². The van der Waals surface area contributed by atoms with Crippen LogP contribution in [0.4, 0.5) is 0 Å². The first-order valence-corrected chi connectivity index (χ1v) is 6.60. The Morgan fingerprint density at radius 1 is 1.33 bits per heavy atom. The molecule has 0 spiro atoms. The van der Waals surface area contributed by atoms with Gasteiger partial charge in [-0.15, -0.1) is 0 Å². The quantitative estimate of drug-likeness (QED) is 0.824. The topological polar surface area (TPSA) is 53.7 Å². The summed E-state index contributed by atoms with van der Waals surface area (Å²) < 4.78 is 5.42. The van der Waals surface area contributed by atoms with Crippen LogP contribution in [0.15, 0.2) is 10.5 Å². The molecule has 3 rings (SSSR count). The van der Waals surface area contributed by atoms with E-state index in [0.717, 1.165) is 18.6 Å². The summed E-state index contributed by atoms with van der Waals surface area (Å²) >= 11 is 0. The molecule has 18 heavy (non-hydrogen) atoms. The summed E-state index contributed by atoms with van der Waals surface area (Å²) in [5.74, 6) is 2.04. The van der Waals surface area contributed by atoms with Gasteiger partial charge in [0.25, 0.3) is 5.91 Å². The summed E-state index contributed by atoms with van der Waals surface area (Å²) in [6, 6.07) is 1.81. The van der Waals surface area contributed by atoms with Gasteiger partial charge in [0.15, 0.2) is 0 Å². The van der Waals surface area contributed by atoms with Crippen LogP contribution in [0.3, 0.4) is 0 Å². The Hall–Kier alpha value is -1.29. The van der Waals surface area contributed by atoms with E-state index in [9.17, 15) is 9.90 Å². The Labute approximate surface area is 107 Å². The normalized spacial score (nSPS) is 30.8. The van der Waals surface area contributed by atoms with E-state index in [0.29, 0.717) is 24.4 Å². The number of carbonyl (C=O) groups excluding carboxylic acids is 1. The number of hydrogen-bond acceptors (Lipinski definition) is 3. The number of furan rings is 1. The molecule has 1 N–H and O–H groups in total. The molecule has 1 aromatic rings. The highest BCUT2D eigenvalue weighted by Gasteiger charge is 2.42. The molecule has 1 aliphatic heterocycles. The van der Waals surface area contributed by atoms with Gasteiger partial charge in [0.05, 0.1) is 11.7 Å². The highest BCUT2D eigenvalue weighted by molar-refractivity contribution is 5.95. The summed E-state index contributed by atoms with van der Waals surface area (Å²) in [6.07, 6.45) is 1.87. The minimum absolute atomic E-state index is 0.0492. The minimum Gasteiger partial charge on any atom is -0.466 e. The van der Waals surface area contributed by atoms with Crippen molar-refractivity contribution in [3.8, 4) is 0 Å². The van der Waals surface area contributed by atoms with Crippen molar-refractivity contribution in [1.29, 1.82) is 0 Å². The summed E-state index contributed by atoms with van der Waals surface area (Å²) in [5, 5.41) is 9.98. The van der Waals surface area contributed by atoms with Gasteiger partial charge in [-0.3, -0.25) is 4.79 Å². The molecule has 0 radical (unpaired) electrons. The van der Waals surface area contributed by atoms with E-state index in [1.165, 1.54) is 0 Å². The van der Waals surface area contributed by atoms with Gasteiger partial charge in [-0.25, -0.2) is 0 Å². The van der Waals surface area contributed by atoms with E-state index >= 15 is 0 Å². The van der Waals surface area contributed by atoms with E-state index in [2.05, 4.69) is 0 Å². The van der Waals surface area contributed by atoms with E-state index in [1.807, 2.05) is 24.8 Å². The van der Waals surface area contributed by atoms with Crippen molar-refractivity contribution in [1.82, 2.24) is 4.90 Å². The molecule has 4 nitrogen and oxygen atoms in total. The largest absolute Gasteiger partial charge is 0.466 e. The van der Waals surface area contributed by atoms with Crippen molar-refractivity contribution in [2.24, 2.45) is 11.8 Å². The van der Waals surface area contributed by atoms with E-state index < -0.39 is 0 Å². The third-order valence-corrected chi connectivity index (χ3v) is 4.34. The molecule has 2 aliphatic rings. The Balaban J connectivity index is 1.80. The van der Waals surface area contributed by atoms with Gasteiger partial charge >= 0.3 is 0 Å². The van der Waals surface area contributed by atoms with Crippen molar-refractivity contribution in [2.75, 3.05) is 13.1 Å². The standard InChI is InChI=1S/C14H19NO3/c1-8-5-12(9(2)18-8)14(17)15-6-10-3-4-11(7-15)13(10)16/h5,10-11,13,16H,3-4,6-7H2,1-2H3. The molecule has 2 bridgehead atoms. The highest BCUT2D eigenvalue weighted by atomic mass is 16.3. The molecule has 2 unspecified atom stereocenters. The molecule has 1 aromatic heterocycles. The molecule has 1 aliphatic carbocycles. The van der Waals surface area contributed by atoms with Crippen LogP contribution in [-0.4, -0.2) is 35.1 Å². The Bertz CT molecular complexity index is 465. The van der Waals surface area contributed by atoms with Gasteiger partial charge in [-0.2, -0.15) is 0 Å². The lowest BCUT2D eigenvalue weighted by Gasteiger charge is -2.35. The maximum Gasteiger partial charge on any atom is 0.257 e. The maximum absolute atomic E-state index is 12.4. The zero-order valence-electron chi connectivity index (χ0n) is 10.8. The summed E-state index contributed by atoms with van der Waals surface area (Å²) in [4.78, 5) is 14.3. The number of carbonyl (C=O) groups is 1. The second-order valence-corrected chi connectivity index (χ2v) is 5.63.